The van der Waals surface area contributed by atoms with E-state index in [9.17, 15) is 9.59 Å². The largest absolute Gasteiger partial charge is 0.323 e. The summed E-state index contributed by atoms with van der Waals surface area (Å²) < 4.78 is 0. The Labute approximate surface area is 207 Å². The average molecular weight is 475 g/mol. The fraction of sp³-hybridized carbons (Fsp3) is 0.0357. The summed E-state index contributed by atoms with van der Waals surface area (Å²) in [4.78, 5) is 41.5. The quantitative estimate of drug-likeness (QED) is 0.292. The number of H-pyrrole nitrogens is 1. The SMILES string of the molecule is Cc1ccc(NC(=O)/C=C/c2ccncc2)cc1C(=O)Nc1cnc2[nH]c(-c3ccccc3)nc2c1. The second kappa shape index (κ2) is 10.0. The zero-order valence-electron chi connectivity index (χ0n) is 19.4. The van der Waals surface area contributed by atoms with Crippen molar-refractivity contribution in [2.45, 2.75) is 6.92 Å². The molecule has 0 saturated carbocycles. The molecule has 176 valence electrons. The molecular weight excluding hydrogens is 452 g/mol. The molecule has 0 fully saturated rings. The van der Waals surface area contributed by atoms with Crippen LogP contribution in [0.3, 0.4) is 0 Å². The van der Waals surface area contributed by atoms with Gasteiger partial charge in [0.1, 0.15) is 11.3 Å². The number of hydrogen-bond donors (Lipinski definition) is 3. The van der Waals surface area contributed by atoms with Gasteiger partial charge in [0, 0.05) is 35.3 Å². The molecule has 0 saturated heterocycles. The van der Waals surface area contributed by atoms with E-state index in [0.717, 1.165) is 16.7 Å². The zero-order valence-corrected chi connectivity index (χ0v) is 19.4. The van der Waals surface area contributed by atoms with Crippen LogP contribution in [-0.2, 0) is 4.79 Å². The van der Waals surface area contributed by atoms with Gasteiger partial charge in [-0.3, -0.25) is 14.6 Å². The highest BCUT2D eigenvalue weighted by molar-refractivity contribution is 6.07. The number of fused-ring (bicyclic) bond motifs is 1. The smallest absolute Gasteiger partial charge is 0.256 e. The molecule has 0 aliphatic rings. The Kier molecular flexibility index (Phi) is 6.31. The lowest BCUT2D eigenvalue weighted by Crippen LogP contribution is -2.15. The molecular formula is C28H22N6O2. The highest BCUT2D eigenvalue weighted by Crippen LogP contribution is 2.22. The van der Waals surface area contributed by atoms with Crippen molar-refractivity contribution in [3.63, 3.8) is 0 Å². The lowest BCUT2D eigenvalue weighted by molar-refractivity contribution is -0.111. The highest BCUT2D eigenvalue weighted by atomic mass is 16.2. The third kappa shape index (κ3) is 5.18. The monoisotopic (exact) mass is 474 g/mol. The van der Waals surface area contributed by atoms with Crippen LogP contribution in [0.15, 0.2) is 91.4 Å². The van der Waals surface area contributed by atoms with Gasteiger partial charge in [-0.15, -0.1) is 0 Å². The Bertz CT molecular complexity index is 1580. The number of pyridine rings is 2. The van der Waals surface area contributed by atoms with Crippen molar-refractivity contribution in [1.29, 1.82) is 0 Å². The van der Waals surface area contributed by atoms with E-state index in [1.54, 1.807) is 61.1 Å². The molecule has 36 heavy (non-hydrogen) atoms. The van der Waals surface area contributed by atoms with Crippen LogP contribution in [0.4, 0.5) is 11.4 Å². The first-order chi connectivity index (χ1) is 17.5. The van der Waals surface area contributed by atoms with Gasteiger partial charge in [-0.05, 0) is 54.5 Å². The van der Waals surface area contributed by atoms with Gasteiger partial charge >= 0.3 is 0 Å². The summed E-state index contributed by atoms with van der Waals surface area (Å²) in [7, 11) is 0. The number of aryl methyl sites for hydroxylation is 1. The molecule has 0 atom stereocenters. The Morgan fingerprint density at radius 2 is 1.72 bits per heavy atom. The number of benzene rings is 2. The van der Waals surface area contributed by atoms with Crippen molar-refractivity contribution in [2.24, 2.45) is 0 Å². The maximum atomic E-state index is 13.0. The minimum Gasteiger partial charge on any atom is -0.323 e. The van der Waals surface area contributed by atoms with Crippen LogP contribution in [0.5, 0.6) is 0 Å². The van der Waals surface area contributed by atoms with E-state index >= 15 is 0 Å². The van der Waals surface area contributed by atoms with Gasteiger partial charge in [-0.2, -0.15) is 0 Å². The minimum absolute atomic E-state index is 0.301. The molecule has 5 rings (SSSR count). The summed E-state index contributed by atoms with van der Waals surface area (Å²) in [6, 6.07) is 20.3. The molecule has 3 heterocycles. The molecule has 3 aromatic heterocycles. The number of amides is 2. The van der Waals surface area contributed by atoms with Crippen LogP contribution in [0.1, 0.15) is 21.5 Å². The van der Waals surface area contributed by atoms with Crippen LogP contribution < -0.4 is 10.6 Å². The number of nitrogens with zero attached hydrogens (tertiary/aromatic N) is 3. The number of carbonyl (C=O) groups excluding carboxylic acids is 2. The van der Waals surface area contributed by atoms with E-state index in [1.165, 1.54) is 6.08 Å². The van der Waals surface area contributed by atoms with Gasteiger partial charge in [0.25, 0.3) is 5.91 Å². The molecule has 0 aliphatic carbocycles. The molecule has 2 amide bonds. The van der Waals surface area contributed by atoms with Crippen LogP contribution in [0.25, 0.3) is 28.6 Å². The highest BCUT2D eigenvalue weighted by Gasteiger charge is 2.13. The number of rotatable bonds is 6. The van der Waals surface area contributed by atoms with Gasteiger partial charge in [0.2, 0.25) is 5.91 Å². The Balaban J connectivity index is 1.30. The Morgan fingerprint density at radius 1 is 0.917 bits per heavy atom. The lowest BCUT2D eigenvalue weighted by Gasteiger charge is -2.10. The topological polar surface area (TPSA) is 113 Å². The third-order valence-corrected chi connectivity index (χ3v) is 5.52. The fourth-order valence-corrected chi connectivity index (χ4v) is 3.67. The molecule has 0 unspecified atom stereocenters. The standard InChI is InChI=1S/C28H22N6O2/c1-18-7-9-21(31-25(35)10-8-19-11-13-29-14-12-19)15-23(18)28(36)32-22-16-24-27(30-17-22)34-26(33-24)20-5-3-2-4-6-20/h2-17H,1H3,(H,31,35)(H,32,36)(H,30,33,34)/b10-8+. The number of hydrogen-bond acceptors (Lipinski definition) is 5. The molecule has 8 nitrogen and oxygen atoms in total. The molecule has 3 N–H and O–H groups in total. The third-order valence-electron chi connectivity index (χ3n) is 5.52. The fourth-order valence-electron chi connectivity index (χ4n) is 3.67. The lowest BCUT2D eigenvalue weighted by atomic mass is 10.1. The van der Waals surface area contributed by atoms with E-state index < -0.39 is 0 Å². The van der Waals surface area contributed by atoms with Crippen molar-refractivity contribution in [1.82, 2.24) is 19.9 Å². The molecule has 8 heteroatoms. The number of imidazole rings is 1. The number of aromatic amines is 1. The van der Waals surface area contributed by atoms with Crippen molar-refractivity contribution < 1.29 is 9.59 Å². The number of carbonyl (C=O) groups is 2. The maximum Gasteiger partial charge on any atom is 0.256 e. The summed E-state index contributed by atoms with van der Waals surface area (Å²) in [5.41, 5.74) is 5.35. The van der Waals surface area contributed by atoms with E-state index in [-0.39, 0.29) is 11.8 Å². The van der Waals surface area contributed by atoms with Gasteiger partial charge < -0.3 is 15.6 Å². The van der Waals surface area contributed by atoms with Gasteiger partial charge in [0.05, 0.1) is 11.9 Å². The Hall–Kier alpha value is -5.11. The minimum atomic E-state index is -0.309. The summed E-state index contributed by atoms with van der Waals surface area (Å²) in [5.74, 6) is 0.0965. The maximum absolute atomic E-state index is 13.0. The van der Waals surface area contributed by atoms with E-state index in [0.29, 0.717) is 33.9 Å². The van der Waals surface area contributed by atoms with E-state index in [1.807, 2.05) is 37.3 Å². The number of aromatic nitrogens is 4. The predicted molar refractivity (Wildman–Crippen MR) is 140 cm³/mol. The first-order valence-electron chi connectivity index (χ1n) is 11.3. The zero-order chi connectivity index (χ0) is 24.9. The molecule has 2 aromatic carbocycles. The first-order valence-corrected chi connectivity index (χ1v) is 11.3. The van der Waals surface area contributed by atoms with Crippen LogP contribution in [0, 0.1) is 6.92 Å². The number of anilines is 2. The predicted octanol–water partition coefficient (Wildman–Crippen LogP) is 5.23. The average Bonchev–Trinajstić information content (AvgIpc) is 3.33. The van der Waals surface area contributed by atoms with Crippen LogP contribution in [0.2, 0.25) is 0 Å². The normalized spacial score (nSPS) is 11.0. The second-order valence-electron chi connectivity index (χ2n) is 8.13. The molecule has 0 aliphatic heterocycles. The molecule has 0 radical (unpaired) electrons. The van der Waals surface area contributed by atoms with Gasteiger partial charge in [-0.1, -0.05) is 36.4 Å². The number of nitrogens with one attached hydrogen (secondary N) is 3. The summed E-state index contributed by atoms with van der Waals surface area (Å²) in [6.45, 7) is 1.84. The van der Waals surface area contributed by atoms with Crippen LogP contribution >= 0.6 is 0 Å². The van der Waals surface area contributed by atoms with Crippen LogP contribution in [-0.4, -0.2) is 31.8 Å². The molecule has 0 bridgehead atoms. The summed E-state index contributed by atoms with van der Waals surface area (Å²) >= 11 is 0. The summed E-state index contributed by atoms with van der Waals surface area (Å²) in [6.07, 6.45) is 8.02. The van der Waals surface area contributed by atoms with Gasteiger partial charge in [0.15, 0.2) is 5.65 Å². The van der Waals surface area contributed by atoms with Crippen molar-refractivity contribution in [3.8, 4) is 11.4 Å². The van der Waals surface area contributed by atoms with Crippen molar-refractivity contribution in [3.05, 3.63) is 108 Å². The second-order valence-corrected chi connectivity index (χ2v) is 8.13. The molecule has 0 spiro atoms. The van der Waals surface area contributed by atoms with E-state index in [2.05, 4.69) is 30.6 Å². The van der Waals surface area contributed by atoms with Gasteiger partial charge in [-0.25, -0.2) is 9.97 Å². The van der Waals surface area contributed by atoms with E-state index in [4.69, 9.17) is 0 Å². The van der Waals surface area contributed by atoms with Crippen molar-refractivity contribution in [2.75, 3.05) is 10.6 Å². The van der Waals surface area contributed by atoms with Crippen molar-refractivity contribution >= 4 is 40.4 Å². The molecule has 5 aromatic rings. The summed E-state index contributed by atoms with van der Waals surface area (Å²) in [5, 5.41) is 5.67. The first kappa shape index (κ1) is 22.7. The Morgan fingerprint density at radius 3 is 2.53 bits per heavy atom.